The molecule has 2 rings (SSSR count). The van der Waals surface area contributed by atoms with E-state index in [9.17, 15) is 9.90 Å². The second-order valence-corrected chi connectivity index (χ2v) is 6.76. The molecule has 4 heteroatoms. The highest BCUT2D eigenvalue weighted by Crippen LogP contribution is 2.44. The number of fused-ring (bicyclic) bond motifs is 1. The van der Waals surface area contributed by atoms with Crippen molar-refractivity contribution in [2.45, 2.75) is 32.6 Å². The maximum atomic E-state index is 11.2. The van der Waals surface area contributed by atoms with E-state index in [1.807, 2.05) is 0 Å². The average molecular weight is 289 g/mol. The van der Waals surface area contributed by atoms with E-state index >= 15 is 0 Å². The summed E-state index contributed by atoms with van der Waals surface area (Å²) in [5, 5.41) is 9.17. The molecule has 0 saturated heterocycles. The van der Waals surface area contributed by atoms with Crippen LogP contribution >= 0.6 is 27.3 Å². The van der Waals surface area contributed by atoms with Crippen LogP contribution in [0.5, 0.6) is 0 Å². The van der Waals surface area contributed by atoms with Gasteiger partial charge in [-0.2, -0.15) is 0 Å². The van der Waals surface area contributed by atoms with Crippen molar-refractivity contribution < 1.29 is 9.90 Å². The van der Waals surface area contributed by atoms with Gasteiger partial charge in [-0.05, 0) is 46.2 Å². The molecule has 82 valence electrons. The lowest BCUT2D eigenvalue weighted by Crippen LogP contribution is -2.15. The lowest BCUT2D eigenvalue weighted by atomic mass is 9.81. The lowest BCUT2D eigenvalue weighted by Gasteiger charge is -2.24. The summed E-state index contributed by atoms with van der Waals surface area (Å²) in [6, 6.07) is 0. The highest BCUT2D eigenvalue weighted by molar-refractivity contribution is 9.11. The van der Waals surface area contributed by atoms with Gasteiger partial charge in [0.05, 0.1) is 9.35 Å². The fourth-order valence-electron chi connectivity index (χ4n) is 2.45. The number of hydrogen-bond donors (Lipinski definition) is 1. The van der Waals surface area contributed by atoms with Gasteiger partial charge in [0.1, 0.15) is 0 Å². The molecule has 15 heavy (non-hydrogen) atoms. The van der Waals surface area contributed by atoms with E-state index in [0.29, 0.717) is 17.4 Å². The van der Waals surface area contributed by atoms with Gasteiger partial charge in [0.25, 0.3) is 0 Å². The molecule has 2 atom stereocenters. The minimum atomic E-state index is -0.805. The Labute approximate surface area is 101 Å². The topological polar surface area (TPSA) is 37.3 Å². The zero-order valence-corrected chi connectivity index (χ0v) is 11.1. The third-order valence-electron chi connectivity index (χ3n) is 2.98. The van der Waals surface area contributed by atoms with Gasteiger partial charge in [-0.25, -0.2) is 4.79 Å². The van der Waals surface area contributed by atoms with Gasteiger partial charge in [-0.15, -0.1) is 11.3 Å². The summed E-state index contributed by atoms with van der Waals surface area (Å²) < 4.78 is 0.779. The molecule has 0 bridgehead atoms. The number of carboxylic acid groups (broad SMARTS) is 1. The minimum absolute atomic E-state index is 0.373. The van der Waals surface area contributed by atoms with Gasteiger partial charge in [0.15, 0.2) is 0 Å². The third kappa shape index (κ3) is 1.85. The summed E-state index contributed by atoms with van der Waals surface area (Å²) in [4.78, 5) is 12.4. The Morgan fingerprint density at radius 1 is 1.53 bits per heavy atom. The average Bonchev–Trinajstić information content (AvgIpc) is 2.40. The van der Waals surface area contributed by atoms with E-state index in [1.54, 1.807) is 11.3 Å². The molecular weight excluding hydrogens is 276 g/mol. The van der Waals surface area contributed by atoms with Crippen molar-refractivity contribution in [2.75, 3.05) is 0 Å². The predicted octanol–water partition coefficient (Wildman–Crippen LogP) is 3.89. The minimum Gasteiger partial charge on any atom is -0.478 e. The van der Waals surface area contributed by atoms with Gasteiger partial charge in [0, 0.05) is 4.88 Å². The summed E-state index contributed by atoms with van der Waals surface area (Å²) in [6.07, 6.45) is 2.12. The summed E-state index contributed by atoms with van der Waals surface area (Å²) in [5.41, 5.74) is 1.56. The summed E-state index contributed by atoms with van der Waals surface area (Å²) in [6.45, 7) is 4.35. The Morgan fingerprint density at radius 2 is 2.20 bits per heavy atom. The van der Waals surface area contributed by atoms with Gasteiger partial charge < -0.3 is 5.11 Å². The molecular formula is C11H13BrO2S. The smallest absolute Gasteiger partial charge is 0.338 e. The molecule has 0 saturated carbocycles. The van der Waals surface area contributed by atoms with E-state index in [2.05, 4.69) is 29.8 Å². The molecule has 1 aliphatic rings. The monoisotopic (exact) mass is 288 g/mol. The first-order valence-corrected chi connectivity index (χ1v) is 6.66. The van der Waals surface area contributed by atoms with Gasteiger partial charge in [-0.3, -0.25) is 0 Å². The van der Waals surface area contributed by atoms with Crippen LogP contribution in [0.4, 0.5) is 0 Å². The fraction of sp³-hybridized carbons (Fsp3) is 0.545. The zero-order chi connectivity index (χ0) is 11.2. The molecule has 1 aliphatic carbocycles. The number of carbonyl (C=O) groups is 1. The second kappa shape index (κ2) is 3.91. The Balaban J connectivity index is 2.56. The molecule has 0 spiro atoms. The van der Waals surface area contributed by atoms with Crippen LogP contribution in [-0.4, -0.2) is 11.1 Å². The first-order chi connectivity index (χ1) is 7.00. The SMILES string of the molecule is CC1Cc2sc(Br)c(C(=O)O)c2C(C)C1. The Bertz CT molecular complexity index is 411. The van der Waals surface area contributed by atoms with Crippen molar-refractivity contribution in [1.29, 1.82) is 0 Å². The van der Waals surface area contributed by atoms with Crippen LogP contribution in [0, 0.1) is 5.92 Å². The first-order valence-electron chi connectivity index (χ1n) is 5.05. The predicted molar refractivity (Wildman–Crippen MR) is 64.9 cm³/mol. The molecule has 0 fully saturated rings. The molecule has 1 aromatic heterocycles. The summed E-state index contributed by atoms with van der Waals surface area (Å²) >= 11 is 4.95. The highest BCUT2D eigenvalue weighted by Gasteiger charge is 2.30. The summed E-state index contributed by atoms with van der Waals surface area (Å²) in [7, 11) is 0. The Morgan fingerprint density at radius 3 is 2.80 bits per heavy atom. The number of carboxylic acids is 1. The molecule has 0 aromatic carbocycles. The van der Waals surface area contributed by atoms with Crippen molar-refractivity contribution in [3.05, 3.63) is 19.8 Å². The van der Waals surface area contributed by atoms with Crippen molar-refractivity contribution >= 4 is 33.2 Å². The number of thiophene rings is 1. The fourth-order valence-corrected chi connectivity index (χ4v) is 4.72. The van der Waals surface area contributed by atoms with Crippen molar-refractivity contribution in [1.82, 2.24) is 0 Å². The number of hydrogen-bond acceptors (Lipinski definition) is 2. The van der Waals surface area contributed by atoms with Crippen molar-refractivity contribution in [3.8, 4) is 0 Å². The van der Waals surface area contributed by atoms with E-state index < -0.39 is 5.97 Å². The van der Waals surface area contributed by atoms with Crippen LogP contribution in [0.15, 0.2) is 3.79 Å². The maximum absolute atomic E-state index is 11.2. The second-order valence-electron chi connectivity index (χ2n) is 4.34. The van der Waals surface area contributed by atoms with E-state index in [0.717, 1.165) is 22.2 Å². The highest BCUT2D eigenvalue weighted by atomic mass is 79.9. The Hall–Kier alpha value is -0.350. The molecule has 0 radical (unpaired) electrons. The molecule has 1 N–H and O–H groups in total. The standard InChI is InChI=1S/C11H13BrO2S/c1-5-3-6(2)8-7(4-5)15-10(12)9(8)11(13)14/h5-6H,3-4H2,1-2H3,(H,13,14). The largest absolute Gasteiger partial charge is 0.478 e. The normalized spacial score (nSPS) is 25.0. The number of rotatable bonds is 1. The summed E-state index contributed by atoms with van der Waals surface area (Å²) in [5.74, 6) is 0.234. The molecule has 1 aromatic rings. The van der Waals surface area contributed by atoms with Gasteiger partial charge in [0.2, 0.25) is 0 Å². The van der Waals surface area contributed by atoms with Crippen LogP contribution in [0.25, 0.3) is 0 Å². The molecule has 0 amide bonds. The van der Waals surface area contributed by atoms with E-state index in [-0.39, 0.29) is 0 Å². The quantitative estimate of drug-likeness (QED) is 0.851. The van der Waals surface area contributed by atoms with Crippen LogP contribution in [0.2, 0.25) is 0 Å². The van der Waals surface area contributed by atoms with E-state index in [1.165, 1.54) is 4.88 Å². The first kappa shape index (κ1) is 11.1. The van der Waals surface area contributed by atoms with Crippen molar-refractivity contribution in [2.24, 2.45) is 5.92 Å². The molecule has 1 heterocycles. The van der Waals surface area contributed by atoms with Crippen molar-refractivity contribution in [3.63, 3.8) is 0 Å². The third-order valence-corrected chi connectivity index (χ3v) is 4.87. The number of halogens is 1. The van der Waals surface area contributed by atoms with Crippen LogP contribution in [0.1, 0.15) is 47.0 Å². The molecule has 2 unspecified atom stereocenters. The van der Waals surface area contributed by atoms with E-state index in [4.69, 9.17) is 0 Å². The Kier molecular flexibility index (Phi) is 2.90. The zero-order valence-electron chi connectivity index (χ0n) is 8.71. The maximum Gasteiger partial charge on any atom is 0.338 e. The number of aromatic carboxylic acids is 1. The lowest BCUT2D eigenvalue weighted by molar-refractivity contribution is 0.0694. The van der Waals surface area contributed by atoms with Gasteiger partial charge >= 0.3 is 5.97 Å². The van der Waals surface area contributed by atoms with Crippen LogP contribution in [-0.2, 0) is 6.42 Å². The molecule has 0 aliphatic heterocycles. The van der Waals surface area contributed by atoms with Gasteiger partial charge in [-0.1, -0.05) is 13.8 Å². The van der Waals surface area contributed by atoms with Crippen LogP contribution in [0.3, 0.4) is 0 Å². The molecule has 2 nitrogen and oxygen atoms in total. The van der Waals surface area contributed by atoms with Crippen LogP contribution < -0.4 is 0 Å².